The quantitative estimate of drug-likeness (QED) is 0.851. The van der Waals surface area contributed by atoms with Crippen LogP contribution in [-0.4, -0.2) is 27.7 Å². The van der Waals surface area contributed by atoms with Crippen molar-refractivity contribution in [2.45, 2.75) is 45.2 Å². The molecule has 2 N–H and O–H groups in total. The Morgan fingerprint density at radius 3 is 2.81 bits per heavy atom. The van der Waals surface area contributed by atoms with Gasteiger partial charge in [-0.15, -0.1) is 0 Å². The van der Waals surface area contributed by atoms with Crippen molar-refractivity contribution < 1.29 is 13.6 Å². The molecule has 26 heavy (non-hydrogen) atoms. The molecule has 0 aliphatic carbocycles. The highest BCUT2D eigenvalue weighted by Crippen LogP contribution is 2.31. The Morgan fingerprint density at radius 2 is 2.15 bits per heavy atom. The normalized spacial score (nSPS) is 18.8. The van der Waals surface area contributed by atoms with Gasteiger partial charge in [-0.1, -0.05) is 19.9 Å². The second kappa shape index (κ2) is 7.85. The van der Waals surface area contributed by atoms with E-state index < -0.39 is 17.7 Å². The van der Waals surface area contributed by atoms with Gasteiger partial charge in [-0.3, -0.25) is 5.10 Å². The molecule has 1 fully saturated rings. The molecule has 2 unspecified atom stereocenters. The van der Waals surface area contributed by atoms with Crippen LogP contribution in [0.15, 0.2) is 30.6 Å². The van der Waals surface area contributed by atoms with E-state index in [2.05, 4.69) is 15.5 Å². The van der Waals surface area contributed by atoms with E-state index in [1.54, 1.807) is 17.3 Å². The van der Waals surface area contributed by atoms with Crippen LogP contribution in [0, 0.1) is 17.6 Å². The van der Waals surface area contributed by atoms with Crippen LogP contribution in [0.4, 0.5) is 13.6 Å². The Bertz CT molecular complexity index is 748. The number of halogens is 2. The number of amides is 2. The van der Waals surface area contributed by atoms with Crippen LogP contribution in [0.1, 0.15) is 56.3 Å². The molecule has 0 radical (unpaired) electrons. The highest BCUT2D eigenvalue weighted by Gasteiger charge is 2.31. The van der Waals surface area contributed by atoms with Gasteiger partial charge < -0.3 is 10.2 Å². The number of nitrogens with zero attached hydrogens (tertiary/aromatic N) is 2. The first kappa shape index (κ1) is 18.4. The molecule has 0 saturated carbocycles. The molecule has 1 aliphatic rings. The SMILES string of the molecule is CC(C)C(NC(=O)N1CCCCC1c1cn[nH]c1)c1ccc(F)cc1F. The van der Waals surface area contributed by atoms with Gasteiger partial charge in [0.1, 0.15) is 11.6 Å². The van der Waals surface area contributed by atoms with Crippen LogP contribution in [0.2, 0.25) is 0 Å². The van der Waals surface area contributed by atoms with Crippen molar-refractivity contribution >= 4 is 6.03 Å². The number of likely N-dealkylation sites (tertiary alicyclic amines) is 1. The average Bonchev–Trinajstić information content (AvgIpc) is 3.14. The average molecular weight is 362 g/mol. The number of hydrogen-bond acceptors (Lipinski definition) is 2. The van der Waals surface area contributed by atoms with E-state index in [1.807, 2.05) is 13.8 Å². The number of aromatic amines is 1. The van der Waals surface area contributed by atoms with Crippen molar-refractivity contribution in [3.8, 4) is 0 Å². The molecule has 0 bridgehead atoms. The first-order valence-corrected chi connectivity index (χ1v) is 8.98. The predicted octanol–water partition coefficient (Wildman–Crippen LogP) is 4.32. The number of rotatable bonds is 4. The lowest BCUT2D eigenvalue weighted by Gasteiger charge is -2.37. The molecule has 0 spiro atoms. The molecule has 1 aliphatic heterocycles. The summed E-state index contributed by atoms with van der Waals surface area (Å²) in [5.41, 5.74) is 1.26. The molecule has 2 aromatic rings. The van der Waals surface area contributed by atoms with E-state index in [9.17, 15) is 13.6 Å². The summed E-state index contributed by atoms with van der Waals surface area (Å²) in [7, 11) is 0. The van der Waals surface area contributed by atoms with Crippen LogP contribution in [-0.2, 0) is 0 Å². The Hall–Kier alpha value is -2.44. The Kier molecular flexibility index (Phi) is 5.54. The van der Waals surface area contributed by atoms with Crippen LogP contribution >= 0.6 is 0 Å². The second-order valence-corrected chi connectivity index (χ2v) is 7.07. The van der Waals surface area contributed by atoms with Gasteiger partial charge in [0.05, 0.1) is 18.3 Å². The maximum atomic E-state index is 14.2. The highest BCUT2D eigenvalue weighted by molar-refractivity contribution is 5.75. The number of H-pyrrole nitrogens is 1. The van der Waals surface area contributed by atoms with Gasteiger partial charge in [0.15, 0.2) is 0 Å². The molecular formula is C19H24F2N4O. The van der Waals surface area contributed by atoms with Gasteiger partial charge in [-0.25, -0.2) is 13.6 Å². The number of piperidine rings is 1. The van der Waals surface area contributed by atoms with Crippen molar-refractivity contribution in [2.24, 2.45) is 5.92 Å². The topological polar surface area (TPSA) is 61.0 Å². The third-order valence-corrected chi connectivity index (χ3v) is 4.91. The minimum Gasteiger partial charge on any atom is -0.331 e. The summed E-state index contributed by atoms with van der Waals surface area (Å²) in [6.45, 7) is 4.44. The largest absolute Gasteiger partial charge is 0.331 e. The van der Waals surface area contributed by atoms with Crippen molar-refractivity contribution in [3.63, 3.8) is 0 Å². The summed E-state index contributed by atoms with van der Waals surface area (Å²) in [4.78, 5) is 14.7. The number of aromatic nitrogens is 2. The van der Waals surface area contributed by atoms with Gasteiger partial charge in [-0.05, 0) is 31.2 Å². The van der Waals surface area contributed by atoms with Gasteiger partial charge in [0.2, 0.25) is 0 Å². The fourth-order valence-corrected chi connectivity index (χ4v) is 3.54. The number of nitrogens with one attached hydrogen (secondary N) is 2. The second-order valence-electron chi connectivity index (χ2n) is 7.07. The van der Waals surface area contributed by atoms with Gasteiger partial charge in [-0.2, -0.15) is 5.10 Å². The molecule has 2 amide bonds. The first-order valence-electron chi connectivity index (χ1n) is 8.98. The summed E-state index contributed by atoms with van der Waals surface area (Å²) >= 11 is 0. The Balaban J connectivity index is 1.81. The summed E-state index contributed by atoms with van der Waals surface area (Å²) in [6.07, 6.45) is 6.37. The van der Waals surface area contributed by atoms with Crippen LogP contribution < -0.4 is 5.32 Å². The summed E-state index contributed by atoms with van der Waals surface area (Å²) in [5, 5.41) is 9.72. The summed E-state index contributed by atoms with van der Waals surface area (Å²) in [6, 6.07) is 2.65. The molecule has 5 nitrogen and oxygen atoms in total. The highest BCUT2D eigenvalue weighted by atomic mass is 19.1. The monoisotopic (exact) mass is 362 g/mol. The smallest absolute Gasteiger partial charge is 0.318 e. The van der Waals surface area contributed by atoms with Gasteiger partial charge in [0.25, 0.3) is 0 Å². The van der Waals surface area contributed by atoms with E-state index in [-0.39, 0.29) is 18.0 Å². The molecule has 1 aromatic heterocycles. The van der Waals surface area contributed by atoms with Crippen molar-refractivity contribution in [1.29, 1.82) is 0 Å². The number of carbonyl (C=O) groups is 1. The lowest BCUT2D eigenvalue weighted by Crippen LogP contribution is -2.46. The minimum atomic E-state index is -0.644. The Morgan fingerprint density at radius 1 is 1.35 bits per heavy atom. The lowest BCUT2D eigenvalue weighted by atomic mass is 9.95. The van der Waals surface area contributed by atoms with E-state index in [1.165, 1.54) is 12.1 Å². The predicted molar refractivity (Wildman–Crippen MR) is 94.4 cm³/mol. The van der Waals surface area contributed by atoms with Crippen molar-refractivity contribution in [3.05, 3.63) is 53.4 Å². The van der Waals surface area contributed by atoms with Crippen molar-refractivity contribution in [2.75, 3.05) is 6.54 Å². The van der Waals surface area contributed by atoms with Gasteiger partial charge in [0, 0.05) is 29.9 Å². The van der Waals surface area contributed by atoms with Crippen molar-refractivity contribution in [1.82, 2.24) is 20.4 Å². The third-order valence-electron chi connectivity index (χ3n) is 4.91. The van der Waals surface area contributed by atoms with E-state index >= 15 is 0 Å². The molecule has 1 aromatic carbocycles. The third kappa shape index (κ3) is 3.86. The minimum absolute atomic E-state index is 0.0453. The zero-order valence-corrected chi connectivity index (χ0v) is 15.0. The van der Waals surface area contributed by atoms with Gasteiger partial charge >= 0.3 is 6.03 Å². The lowest BCUT2D eigenvalue weighted by molar-refractivity contribution is 0.145. The summed E-state index contributed by atoms with van der Waals surface area (Å²) < 4.78 is 27.5. The van der Waals surface area contributed by atoms with Crippen LogP contribution in [0.3, 0.4) is 0 Å². The standard InChI is InChI=1S/C19H24F2N4O/c1-12(2)18(15-7-6-14(20)9-16(15)21)24-19(26)25-8-4-3-5-17(25)13-10-22-23-11-13/h6-7,9-12,17-18H,3-5,8H2,1-2H3,(H,22,23)(H,24,26). The molecule has 2 heterocycles. The fourth-order valence-electron chi connectivity index (χ4n) is 3.54. The zero-order valence-electron chi connectivity index (χ0n) is 15.0. The first-order chi connectivity index (χ1) is 12.5. The van der Waals surface area contributed by atoms with E-state index in [0.717, 1.165) is 30.9 Å². The molecule has 1 saturated heterocycles. The number of hydrogen-bond donors (Lipinski definition) is 2. The summed E-state index contributed by atoms with van der Waals surface area (Å²) in [5.74, 6) is -1.32. The molecular weight excluding hydrogens is 338 g/mol. The Labute approximate surface area is 151 Å². The molecule has 3 rings (SSSR count). The number of urea groups is 1. The maximum Gasteiger partial charge on any atom is 0.318 e. The van der Waals surface area contributed by atoms with E-state index in [0.29, 0.717) is 12.1 Å². The number of carbonyl (C=O) groups excluding carboxylic acids is 1. The molecule has 7 heteroatoms. The maximum absolute atomic E-state index is 14.2. The zero-order chi connectivity index (χ0) is 18.7. The fraction of sp³-hybridized carbons (Fsp3) is 0.474. The molecule has 2 atom stereocenters. The molecule has 140 valence electrons. The van der Waals surface area contributed by atoms with Crippen LogP contribution in [0.25, 0.3) is 0 Å². The van der Waals surface area contributed by atoms with E-state index in [4.69, 9.17) is 0 Å². The number of benzene rings is 1. The van der Waals surface area contributed by atoms with Crippen LogP contribution in [0.5, 0.6) is 0 Å².